The van der Waals surface area contributed by atoms with Gasteiger partial charge in [0.15, 0.2) is 0 Å². The molecule has 0 bridgehead atoms. The van der Waals surface area contributed by atoms with E-state index in [-0.39, 0.29) is 0 Å². The number of rotatable bonds is 4. The Bertz CT molecular complexity index is 660. The highest BCUT2D eigenvalue weighted by Crippen LogP contribution is 2.24. The van der Waals surface area contributed by atoms with Crippen molar-refractivity contribution in [3.8, 4) is 16.9 Å². The zero-order valence-electron chi connectivity index (χ0n) is 11.2. The van der Waals surface area contributed by atoms with Crippen molar-refractivity contribution in [1.82, 2.24) is 0 Å². The van der Waals surface area contributed by atoms with E-state index in [0.29, 0.717) is 6.61 Å². The summed E-state index contributed by atoms with van der Waals surface area (Å²) in [5.74, 6) is 0.898. The SMILES string of the molecule is c1ccc(COc2cccc(-c3ccccc3)c2)cc1. The minimum absolute atomic E-state index is 0.596. The highest BCUT2D eigenvalue weighted by Gasteiger charge is 2.00. The van der Waals surface area contributed by atoms with Crippen molar-refractivity contribution in [3.05, 3.63) is 90.5 Å². The second-order valence-corrected chi connectivity index (χ2v) is 4.67. The van der Waals surface area contributed by atoms with Crippen LogP contribution in [0.15, 0.2) is 84.9 Å². The number of benzene rings is 3. The Morgan fingerprint density at radius 1 is 0.600 bits per heavy atom. The van der Waals surface area contributed by atoms with E-state index < -0.39 is 0 Å². The zero-order valence-corrected chi connectivity index (χ0v) is 11.2. The van der Waals surface area contributed by atoms with Gasteiger partial charge in [-0.05, 0) is 28.8 Å². The Morgan fingerprint density at radius 2 is 1.25 bits per heavy atom. The van der Waals surface area contributed by atoms with Crippen molar-refractivity contribution in [2.75, 3.05) is 0 Å². The lowest BCUT2D eigenvalue weighted by molar-refractivity contribution is 0.306. The third-order valence-corrected chi connectivity index (χ3v) is 3.19. The molecular weight excluding hydrogens is 244 g/mol. The van der Waals surface area contributed by atoms with Crippen LogP contribution in [0.25, 0.3) is 11.1 Å². The van der Waals surface area contributed by atoms with Gasteiger partial charge in [0.1, 0.15) is 12.4 Å². The van der Waals surface area contributed by atoms with Gasteiger partial charge in [0.05, 0.1) is 0 Å². The fourth-order valence-corrected chi connectivity index (χ4v) is 2.14. The summed E-state index contributed by atoms with van der Waals surface area (Å²) in [5.41, 5.74) is 3.56. The maximum atomic E-state index is 5.85. The average molecular weight is 260 g/mol. The summed E-state index contributed by atoms with van der Waals surface area (Å²) >= 11 is 0. The van der Waals surface area contributed by atoms with Crippen LogP contribution in [0.1, 0.15) is 5.56 Å². The third-order valence-electron chi connectivity index (χ3n) is 3.19. The van der Waals surface area contributed by atoms with E-state index in [4.69, 9.17) is 4.74 Å². The zero-order chi connectivity index (χ0) is 13.6. The van der Waals surface area contributed by atoms with Gasteiger partial charge in [-0.25, -0.2) is 0 Å². The van der Waals surface area contributed by atoms with Crippen LogP contribution in [0.4, 0.5) is 0 Å². The lowest BCUT2D eigenvalue weighted by Crippen LogP contribution is -1.94. The minimum Gasteiger partial charge on any atom is -0.489 e. The van der Waals surface area contributed by atoms with Crippen LogP contribution >= 0.6 is 0 Å². The van der Waals surface area contributed by atoms with Crippen molar-refractivity contribution < 1.29 is 4.74 Å². The van der Waals surface area contributed by atoms with Crippen LogP contribution in [0, 0.1) is 0 Å². The predicted octanol–water partition coefficient (Wildman–Crippen LogP) is 4.93. The topological polar surface area (TPSA) is 9.23 Å². The Morgan fingerprint density at radius 3 is 2.00 bits per heavy atom. The van der Waals surface area contributed by atoms with E-state index in [2.05, 4.69) is 36.4 Å². The summed E-state index contributed by atoms with van der Waals surface area (Å²) in [7, 11) is 0. The molecule has 0 aliphatic heterocycles. The van der Waals surface area contributed by atoms with E-state index in [1.54, 1.807) is 0 Å². The maximum Gasteiger partial charge on any atom is 0.120 e. The third kappa shape index (κ3) is 3.07. The number of hydrogen-bond acceptors (Lipinski definition) is 1. The molecule has 0 aliphatic rings. The molecular formula is C19H16O. The van der Waals surface area contributed by atoms with Crippen molar-refractivity contribution in [1.29, 1.82) is 0 Å². The Hall–Kier alpha value is -2.54. The normalized spacial score (nSPS) is 10.2. The molecule has 0 aliphatic carbocycles. The van der Waals surface area contributed by atoms with E-state index >= 15 is 0 Å². The second-order valence-electron chi connectivity index (χ2n) is 4.67. The highest BCUT2D eigenvalue weighted by molar-refractivity contribution is 5.64. The highest BCUT2D eigenvalue weighted by atomic mass is 16.5. The van der Waals surface area contributed by atoms with Crippen LogP contribution < -0.4 is 4.74 Å². The molecule has 0 aromatic heterocycles. The first-order valence-corrected chi connectivity index (χ1v) is 6.74. The van der Waals surface area contributed by atoms with Crippen LogP contribution in [0.3, 0.4) is 0 Å². The van der Waals surface area contributed by atoms with Gasteiger partial charge in [-0.1, -0.05) is 72.8 Å². The number of hydrogen-bond donors (Lipinski definition) is 0. The average Bonchev–Trinajstić information content (AvgIpc) is 2.55. The minimum atomic E-state index is 0.596. The van der Waals surface area contributed by atoms with Crippen molar-refractivity contribution in [3.63, 3.8) is 0 Å². The van der Waals surface area contributed by atoms with Crippen molar-refractivity contribution in [2.24, 2.45) is 0 Å². The molecule has 1 nitrogen and oxygen atoms in total. The van der Waals surface area contributed by atoms with Gasteiger partial charge >= 0.3 is 0 Å². The smallest absolute Gasteiger partial charge is 0.120 e. The summed E-state index contributed by atoms with van der Waals surface area (Å²) in [5, 5.41) is 0. The van der Waals surface area contributed by atoms with E-state index in [1.807, 2.05) is 48.5 Å². The van der Waals surface area contributed by atoms with Gasteiger partial charge < -0.3 is 4.74 Å². The fraction of sp³-hybridized carbons (Fsp3) is 0.0526. The lowest BCUT2D eigenvalue weighted by atomic mass is 10.1. The molecule has 0 saturated heterocycles. The molecule has 3 aromatic rings. The summed E-state index contributed by atoms with van der Waals surface area (Å²) < 4.78 is 5.85. The molecule has 0 unspecified atom stereocenters. The maximum absolute atomic E-state index is 5.85. The van der Waals surface area contributed by atoms with Crippen molar-refractivity contribution >= 4 is 0 Å². The van der Waals surface area contributed by atoms with Gasteiger partial charge in [-0.15, -0.1) is 0 Å². The first-order chi connectivity index (χ1) is 9.92. The van der Waals surface area contributed by atoms with Gasteiger partial charge in [-0.3, -0.25) is 0 Å². The molecule has 0 heterocycles. The molecule has 98 valence electrons. The molecule has 0 saturated carbocycles. The van der Waals surface area contributed by atoms with E-state index in [9.17, 15) is 0 Å². The van der Waals surface area contributed by atoms with Crippen LogP contribution in [0.2, 0.25) is 0 Å². The lowest BCUT2D eigenvalue weighted by Gasteiger charge is -2.08. The fourth-order valence-electron chi connectivity index (χ4n) is 2.14. The molecule has 20 heavy (non-hydrogen) atoms. The predicted molar refractivity (Wildman–Crippen MR) is 82.7 cm³/mol. The molecule has 0 atom stereocenters. The second kappa shape index (κ2) is 6.07. The van der Waals surface area contributed by atoms with Crippen LogP contribution in [-0.4, -0.2) is 0 Å². The molecule has 0 radical (unpaired) electrons. The summed E-state index contributed by atoms with van der Waals surface area (Å²) in [6.07, 6.45) is 0. The van der Waals surface area contributed by atoms with E-state index in [0.717, 1.165) is 5.75 Å². The largest absolute Gasteiger partial charge is 0.489 e. The monoisotopic (exact) mass is 260 g/mol. The van der Waals surface area contributed by atoms with Gasteiger partial charge in [0.2, 0.25) is 0 Å². The van der Waals surface area contributed by atoms with Gasteiger partial charge in [-0.2, -0.15) is 0 Å². The Kier molecular flexibility index (Phi) is 3.79. The van der Waals surface area contributed by atoms with Crippen LogP contribution in [-0.2, 0) is 6.61 Å². The summed E-state index contributed by atoms with van der Waals surface area (Å²) in [4.78, 5) is 0. The molecule has 3 rings (SSSR count). The molecule has 0 fully saturated rings. The first kappa shape index (κ1) is 12.5. The Labute approximate surface area is 119 Å². The van der Waals surface area contributed by atoms with Crippen LogP contribution in [0.5, 0.6) is 5.75 Å². The summed E-state index contributed by atoms with van der Waals surface area (Å²) in [6.45, 7) is 0.596. The first-order valence-electron chi connectivity index (χ1n) is 6.74. The summed E-state index contributed by atoms with van der Waals surface area (Å²) in [6, 6.07) is 28.8. The van der Waals surface area contributed by atoms with Gasteiger partial charge in [0, 0.05) is 0 Å². The Balaban J connectivity index is 1.75. The molecule has 0 spiro atoms. The van der Waals surface area contributed by atoms with Gasteiger partial charge in [0.25, 0.3) is 0 Å². The van der Waals surface area contributed by atoms with E-state index in [1.165, 1.54) is 16.7 Å². The quantitative estimate of drug-likeness (QED) is 0.646. The standard InChI is InChI=1S/C19H16O/c1-3-8-16(9-4-1)15-20-19-13-7-12-18(14-19)17-10-5-2-6-11-17/h1-14H,15H2. The molecule has 0 amide bonds. The van der Waals surface area contributed by atoms with Crippen molar-refractivity contribution in [2.45, 2.75) is 6.61 Å². The molecule has 0 N–H and O–H groups in total. The molecule has 1 heteroatoms. The molecule has 3 aromatic carbocycles. The number of ether oxygens (including phenoxy) is 1.